The number of rotatable bonds is 3. The Balaban J connectivity index is 2.01. The average Bonchev–Trinajstić information content (AvgIpc) is 2.88. The molecule has 0 aliphatic heterocycles. The fourth-order valence-electron chi connectivity index (χ4n) is 2.54. The highest BCUT2D eigenvalue weighted by Crippen LogP contribution is 2.47. The second kappa shape index (κ2) is 4.61. The molecule has 3 rings (SSSR count). The zero-order chi connectivity index (χ0) is 13.3. The van der Waals surface area contributed by atoms with E-state index in [1.165, 1.54) is 12.0 Å². The molecule has 0 amide bonds. The first-order valence-corrected chi connectivity index (χ1v) is 6.64. The summed E-state index contributed by atoms with van der Waals surface area (Å²) in [5.41, 5.74) is 2.18. The van der Waals surface area contributed by atoms with Crippen LogP contribution in [-0.2, 0) is 5.41 Å². The van der Waals surface area contributed by atoms with Gasteiger partial charge in [0.2, 0.25) is 0 Å². The van der Waals surface area contributed by atoms with Crippen molar-refractivity contribution in [3.05, 3.63) is 47.9 Å². The lowest BCUT2D eigenvalue weighted by Crippen LogP contribution is -2.36. The van der Waals surface area contributed by atoms with E-state index < -0.39 is 0 Å². The summed E-state index contributed by atoms with van der Waals surface area (Å²) in [5.74, 6) is 1.43. The number of allylic oxidation sites excluding steroid dienone is 2. The van der Waals surface area contributed by atoms with Gasteiger partial charge >= 0.3 is 0 Å². The van der Waals surface area contributed by atoms with Crippen LogP contribution in [0.15, 0.2) is 35.1 Å². The molecule has 0 saturated heterocycles. The molecule has 1 fully saturated rings. The van der Waals surface area contributed by atoms with Crippen LogP contribution in [0.4, 0.5) is 0 Å². The molecule has 0 unspecified atom stereocenters. The van der Waals surface area contributed by atoms with Crippen molar-refractivity contribution >= 4 is 5.57 Å². The van der Waals surface area contributed by atoms with Crippen molar-refractivity contribution in [2.24, 2.45) is 0 Å². The predicted molar refractivity (Wildman–Crippen MR) is 72.5 cm³/mol. The average molecular weight is 255 g/mol. The fourth-order valence-corrected chi connectivity index (χ4v) is 2.54. The van der Waals surface area contributed by atoms with Crippen molar-refractivity contribution in [1.82, 2.24) is 15.1 Å². The largest absolute Gasteiger partial charge is 0.334 e. The topological polar surface area (TPSA) is 51.8 Å². The third-order valence-corrected chi connectivity index (χ3v) is 4.06. The van der Waals surface area contributed by atoms with E-state index in [2.05, 4.69) is 27.3 Å². The van der Waals surface area contributed by atoms with Crippen LogP contribution >= 0.6 is 0 Å². The number of hydrogen-bond acceptors (Lipinski definition) is 4. The summed E-state index contributed by atoms with van der Waals surface area (Å²) in [4.78, 5) is 8.67. The van der Waals surface area contributed by atoms with Crippen LogP contribution < -0.4 is 0 Å². The van der Waals surface area contributed by atoms with E-state index >= 15 is 0 Å². The molecule has 0 bridgehead atoms. The van der Waals surface area contributed by atoms with Crippen molar-refractivity contribution in [3.8, 4) is 0 Å². The van der Waals surface area contributed by atoms with E-state index in [4.69, 9.17) is 4.52 Å². The zero-order valence-electron chi connectivity index (χ0n) is 11.3. The fraction of sp³-hybridized carbons (Fsp3) is 0.400. The number of pyridine rings is 1. The van der Waals surface area contributed by atoms with Gasteiger partial charge in [0.15, 0.2) is 5.82 Å². The van der Waals surface area contributed by atoms with E-state index in [0.717, 1.165) is 24.2 Å². The maximum atomic E-state index is 5.38. The minimum atomic E-state index is -0.0707. The molecule has 2 aromatic rings. The molecular formula is C15H17N3O. The SMILES string of the molecule is CC=C(C)c1nc(C2(c3ccncc3)CCC2)no1. The highest BCUT2D eigenvalue weighted by Gasteiger charge is 2.44. The Kier molecular flexibility index (Phi) is 2.93. The van der Waals surface area contributed by atoms with Gasteiger partial charge in [-0.3, -0.25) is 4.98 Å². The molecule has 1 aliphatic carbocycles. The zero-order valence-corrected chi connectivity index (χ0v) is 11.3. The quantitative estimate of drug-likeness (QED) is 0.843. The van der Waals surface area contributed by atoms with Gasteiger partial charge < -0.3 is 4.52 Å². The standard InChI is InChI=1S/C15H17N3O/c1-3-11(2)13-17-14(18-19-13)15(7-4-8-15)12-5-9-16-10-6-12/h3,5-6,9-10H,4,7-8H2,1-2H3. The normalized spacial score (nSPS) is 18.1. The van der Waals surface area contributed by atoms with Crippen LogP contribution in [0.2, 0.25) is 0 Å². The maximum Gasteiger partial charge on any atom is 0.253 e. The Bertz CT molecular complexity index is 597. The monoisotopic (exact) mass is 255 g/mol. The van der Waals surface area contributed by atoms with Gasteiger partial charge in [-0.15, -0.1) is 0 Å². The molecule has 2 aromatic heterocycles. The smallest absolute Gasteiger partial charge is 0.253 e. The van der Waals surface area contributed by atoms with Crippen molar-refractivity contribution in [1.29, 1.82) is 0 Å². The van der Waals surface area contributed by atoms with Gasteiger partial charge in [0.05, 0.1) is 5.41 Å². The molecule has 0 N–H and O–H groups in total. The third kappa shape index (κ3) is 1.87. The third-order valence-electron chi connectivity index (χ3n) is 4.06. The lowest BCUT2D eigenvalue weighted by molar-refractivity contribution is 0.272. The molecule has 98 valence electrons. The first-order valence-electron chi connectivity index (χ1n) is 6.64. The van der Waals surface area contributed by atoms with Gasteiger partial charge in [-0.1, -0.05) is 17.7 Å². The van der Waals surface area contributed by atoms with Gasteiger partial charge in [0.1, 0.15) is 0 Å². The van der Waals surface area contributed by atoms with E-state index in [0.29, 0.717) is 5.89 Å². The molecule has 0 aromatic carbocycles. The summed E-state index contributed by atoms with van der Waals surface area (Å²) in [6.45, 7) is 3.96. The number of nitrogens with zero attached hydrogens (tertiary/aromatic N) is 3. The van der Waals surface area contributed by atoms with Gasteiger partial charge in [-0.05, 0) is 44.4 Å². The minimum absolute atomic E-state index is 0.0707. The Morgan fingerprint density at radius 1 is 1.32 bits per heavy atom. The maximum absolute atomic E-state index is 5.38. The number of aromatic nitrogens is 3. The molecule has 2 heterocycles. The van der Waals surface area contributed by atoms with Gasteiger partial charge in [0, 0.05) is 18.0 Å². The highest BCUT2D eigenvalue weighted by atomic mass is 16.5. The van der Waals surface area contributed by atoms with Crippen molar-refractivity contribution in [2.45, 2.75) is 38.5 Å². The summed E-state index contributed by atoms with van der Waals surface area (Å²) in [6.07, 6.45) is 8.99. The molecule has 0 atom stereocenters. The lowest BCUT2D eigenvalue weighted by atomic mass is 9.64. The van der Waals surface area contributed by atoms with E-state index in [9.17, 15) is 0 Å². The molecular weight excluding hydrogens is 238 g/mol. The second-order valence-electron chi connectivity index (χ2n) is 5.07. The van der Waals surface area contributed by atoms with E-state index in [1.807, 2.05) is 32.3 Å². The summed E-state index contributed by atoms with van der Waals surface area (Å²) < 4.78 is 5.38. The molecule has 1 saturated carbocycles. The Morgan fingerprint density at radius 2 is 2.05 bits per heavy atom. The van der Waals surface area contributed by atoms with Crippen LogP contribution in [0.5, 0.6) is 0 Å². The molecule has 4 nitrogen and oxygen atoms in total. The molecule has 19 heavy (non-hydrogen) atoms. The van der Waals surface area contributed by atoms with Crippen molar-refractivity contribution in [2.75, 3.05) is 0 Å². The lowest BCUT2D eigenvalue weighted by Gasteiger charge is -2.39. The van der Waals surface area contributed by atoms with Crippen LogP contribution in [0, 0.1) is 0 Å². The minimum Gasteiger partial charge on any atom is -0.334 e. The Hall–Kier alpha value is -1.97. The van der Waals surface area contributed by atoms with Crippen LogP contribution in [0.3, 0.4) is 0 Å². The van der Waals surface area contributed by atoms with Crippen molar-refractivity contribution < 1.29 is 4.52 Å². The first-order chi connectivity index (χ1) is 9.26. The van der Waals surface area contributed by atoms with Crippen LogP contribution in [0.25, 0.3) is 5.57 Å². The number of hydrogen-bond donors (Lipinski definition) is 0. The van der Waals surface area contributed by atoms with Gasteiger partial charge in [-0.2, -0.15) is 4.98 Å². The van der Waals surface area contributed by atoms with Crippen molar-refractivity contribution in [3.63, 3.8) is 0 Å². The van der Waals surface area contributed by atoms with E-state index in [1.54, 1.807) is 0 Å². The van der Waals surface area contributed by atoms with Crippen LogP contribution in [0.1, 0.15) is 50.4 Å². The van der Waals surface area contributed by atoms with Gasteiger partial charge in [-0.25, -0.2) is 0 Å². The Morgan fingerprint density at radius 3 is 2.63 bits per heavy atom. The summed E-state index contributed by atoms with van der Waals surface area (Å²) in [6, 6.07) is 4.11. The summed E-state index contributed by atoms with van der Waals surface area (Å²) in [5, 5.41) is 4.21. The Labute approximate surface area is 112 Å². The molecule has 0 radical (unpaired) electrons. The van der Waals surface area contributed by atoms with Gasteiger partial charge in [0.25, 0.3) is 5.89 Å². The highest BCUT2D eigenvalue weighted by molar-refractivity contribution is 5.55. The molecule has 0 spiro atoms. The molecule has 4 heteroatoms. The van der Waals surface area contributed by atoms with Crippen LogP contribution in [-0.4, -0.2) is 15.1 Å². The molecule has 1 aliphatic rings. The first kappa shape index (κ1) is 12.1. The summed E-state index contributed by atoms with van der Waals surface area (Å²) >= 11 is 0. The van der Waals surface area contributed by atoms with E-state index in [-0.39, 0.29) is 5.41 Å². The predicted octanol–water partition coefficient (Wildman–Crippen LogP) is 3.36. The second-order valence-corrected chi connectivity index (χ2v) is 5.07. The summed E-state index contributed by atoms with van der Waals surface area (Å²) in [7, 11) is 0.